The minimum atomic E-state index is 0.104. The van der Waals surface area contributed by atoms with Gasteiger partial charge in [-0.1, -0.05) is 82.7 Å². The van der Waals surface area contributed by atoms with Crippen molar-refractivity contribution in [1.82, 2.24) is 5.32 Å². The molecule has 9 atom stereocenters. The molecule has 1 heterocycles. The van der Waals surface area contributed by atoms with Crippen LogP contribution in [0.15, 0.2) is 48.1 Å². The molecule has 0 bridgehead atoms. The molecule has 1 amide bonds. The molecule has 3 unspecified atom stereocenters. The summed E-state index contributed by atoms with van der Waals surface area (Å²) in [6.45, 7) is 12.4. The fourth-order valence-electron chi connectivity index (χ4n) is 9.02. The first-order chi connectivity index (χ1) is 15.3. The fraction of sp³-hybridized carbons (Fsp3) is 0.633. The Morgan fingerprint density at radius 2 is 1.84 bits per heavy atom. The SMILES string of the molecule is CC/C(=C\c1ccccc1)[C@H]1C(C)C[C@H]2[C@@H]3C(C)CC4NC(=O)C=C[C@]4(C)[C@H]3CC[C@]12C. The Balaban J connectivity index is 1.50. The highest BCUT2D eigenvalue weighted by Gasteiger charge is 2.63. The number of hydrogen-bond acceptors (Lipinski definition) is 1. The van der Waals surface area contributed by atoms with Crippen LogP contribution in [0.5, 0.6) is 0 Å². The van der Waals surface area contributed by atoms with Crippen LogP contribution in [0.2, 0.25) is 0 Å². The molecule has 1 N–H and O–H groups in total. The van der Waals surface area contributed by atoms with Gasteiger partial charge in [-0.05, 0) is 84.7 Å². The number of rotatable bonds is 3. The Morgan fingerprint density at radius 3 is 2.56 bits per heavy atom. The minimum absolute atomic E-state index is 0.104. The molecule has 3 fully saturated rings. The van der Waals surface area contributed by atoms with Gasteiger partial charge in [-0.3, -0.25) is 4.79 Å². The molecule has 0 spiro atoms. The lowest BCUT2D eigenvalue weighted by molar-refractivity contribution is -0.125. The van der Waals surface area contributed by atoms with Crippen LogP contribution in [-0.4, -0.2) is 11.9 Å². The quantitative estimate of drug-likeness (QED) is 0.555. The van der Waals surface area contributed by atoms with E-state index in [-0.39, 0.29) is 11.3 Å². The zero-order valence-corrected chi connectivity index (χ0v) is 20.6. The highest BCUT2D eigenvalue weighted by atomic mass is 16.1. The maximum Gasteiger partial charge on any atom is 0.243 e. The lowest BCUT2D eigenvalue weighted by Crippen LogP contribution is -2.61. The first-order valence-corrected chi connectivity index (χ1v) is 13.0. The topological polar surface area (TPSA) is 29.1 Å². The number of benzene rings is 1. The highest BCUT2D eigenvalue weighted by Crippen LogP contribution is 2.68. The van der Waals surface area contributed by atoms with E-state index >= 15 is 0 Å². The van der Waals surface area contributed by atoms with Crippen LogP contribution in [0, 0.1) is 46.3 Å². The van der Waals surface area contributed by atoms with E-state index in [4.69, 9.17) is 0 Å². The largest absolute Gasteiger partial charge is 0.349 e. The first-order valence-electron chi connectivity index (χ1n) is 13.0. The van der Waals surface area contributed by atoms with E-state index in [0.717, 1.165) is 30.6 Å². The van der Waals surface area contributed by atoms with Gasteiger partial charge in [0, 0.05) is 11.5 Å². The average molecular weight is 432 g/mol. The molecule has 0 saturated heterocycles. The summed E-state index contributed by atoms with van der Waals surface area (Å²) in [6.07, 6.45) is 12.8. The summed E-state index contributed by atoms with van der Waals surface area (Å²) in [5.74, 6) is 4.41. The van der Waals surface area contributed by atoms with Gasteiger partial charge >= 0.3 is 0 Å². The van der Waals surface area contributed by atoms with Crippen molar-refractivity contribution in [2.24, 2.45) is 46.3 Å². The van der Waals surface area contributed by atoms with Gasteiger partial charge < -0.3 is 5.32 Å². The van der Waals surface area contributed by atoms with E-state index in [0.29, 0.717) is 29.2 Å². The highest BCUT2D eigenvalue weighted by molar-refractivity contribution is 5.89. The second-order valence-electron chi connectivity index (χ2n) is 12.0. The van der Waals surface area contributed by atoms with E-state index in [2.05, 4.69) is 82.4 Å². The molecule has 1 aromatic carbocycles. The summed E-state index contributed by atoms with van der Waals surface area (Å²) >= 11 is 0. The molecule has 1 aliphatic heterocycles. The number of amides is 1. The Kier molecular flexibility index (Phi) is 5.42. The lowest BCUT2D eigenvalue weighted by Gasteiger charge is -2.61. The predicted octanol–water partition coefficient (Wildman–Crippen LogP) is 6.89. The summed E-state index contributed by atoms with van der Waals surface area (Å²) in [5.41, 5.74) is 3.50. The van der Waals surface area contributed by atoms with Gasteiger partial charge in [-0.15, -0.1) is 0 Å². The molecule has 4 aliphatic rings. The van der Waals surface area contributed by atoms with Crippen LogP contribution < -0.4 is 5.32 Å². The number of carbonyl (C=O) groups is 1. The van der Waals surface area contributed by atoms with Crippen LogP contribution in [-0.2, 0) is 4.79 Å². The number of nitrogens with one attached hydrogen (secondary N) is 1. The minimum Gasteiger partial charge on any atom is -0.349 e. The van der Waals surface area contributed by atoms with Gasteiger partial charge in [0.2, 0.25) is 5.91 Å². The van der Waals surface area contributed by atoms with Crippen LogP contribution in [0.3, 0.4) is 0 Å². The third kappa shape index (κ3) is 3.24. The Morgan fingerprint density at radius 1 is 1.09 bits per heavy atom. The summed E-state index contributed by atoms with van der Waals surface area (Å²) in [4.78, 5) is 12.1. The van der Waals surface area contributed by atoms with Crippen molar-refractivity contribution in [1.29, 1.82) is 0 Å². The third-order valence-electron chi connectivity index (χ3n) is 10.4. The molecule has 0 aromatic heterocycles. The molecule has 32 heavy (non-hydrogen) atoms. The lowest BCUT2D eigenvalue weighted by atomic mass is 9.45. The maximum atomic E-state index is 12.1. The molecule has 5 rings (SSSR count). The second kappa shape index (κ2) is 7.89. The van der Waals surface area contributed by atoms with E-state index in [1.807, 2.05) is 6.08 Å². The maximum absolute atomic E-state index is 12.1. The standard InChI is InChI=1S/C30H41NO/c1-6-22(18-21-10-8-7-9-11-21)28-20(3)16-24-27-19(2)17-25-29(4,15-13-26(32)31-25)23(27)12-14-30(24,28)5/h7-11,13,15,18-20,23-25,27-28H,6,12,14,16-17H2,1-5H3,(H,31,32)/b22-18+/t19?,20?,23-,24-,25?,27+,28+,29+,30-/m0/s1. The van der Waals surface area contributed by atoms with Gasteiger partial charge in [0.25, 0.3) is 0 Å². The molecule has 3 saturated carbocycles. The molecule has 3 aliphatic carbocycles. The van der Waals surface area contributed by atoms with Crippen molar-refractivity contribution >= 4 is 12.0 Å². The average Bonchev–Trinajstić information content (AvgIpc) is 3.04. The van der Waals surface area contributed by atoms with Gasteiger partial charge in [-0.2, -0.15) is 0 Å². The monoisotopic (exact) mass is 431 g/mol. The van der Waals surface area contributed by atoms with Gasteiger partial charge in [0.05, 0.1) is 0 Å². The number of fused-ring (bicyclic) bond motifs is 5. The van der Waals surface area contributed by atoms with Crippen molar-refractivity contribution in [3.8, 4) is 0 Å². The summed E-state index contributed by atoms with van der Waals surface area (Å²) in [6, 6.07) is 11.2. The molecule has 0 radical (unpaired) electrons. The Bertz CT molecular complexity index is 931. The Labute approximate surface area is 194 Å². The van der Waals surface area contributed by atoms with Crippen LogP contribution >= 0.6 is 0 Å². The van der Waals surface area contributed by atoms with Crippen LogP contribution in [0.4, 0.5) is 0 Å². The first kappa shape index (κ1) is 22.0. The van der Waals surface area contributed by atoms with E-state index < -0.39 is 0 Å². The normalized spacial score (nSPS) is 45.6. The van der Waals surface area contributed by atoms with Crippen LogP contribution in [0.25, 0.3) is 6.08 Å². The van der Waals surface area contributed by atoms with Gasteiger partial charge in [0.15, 0.2) is 0 Å². The van der Waals surface area contributed by atoms with E-state index in [1.54, 1.807) is 5.57 Å². The molecule has 172 valence electrons. The Hall–Kier alpha value is -1.83. The summed E-state index contributed by atoms with van der Waals surface area (Å²) in [5, 5.41) is 3.33. The van der Waals surface area contributed by atoms with Crippen molar-refractivity contribution < 1.29 is 4.79 Å². The van der Waals surface area contributed by atoms with E-state index in [9.17, 15) is 4.79 Å². The van der Waals surface area contributed by atoms with Crippen LogP contribution in [0.1, 0.15) is 72.3 Å². The number of allylic oxidation sites excluding steroid dienone is 1. The van der Waals surface area contributed by atoms with Crippen molar-refractivity contribution in [3.63, 3.8) is 0 Å². The summed E-state index contributed by atoms with van der Waals surface area (Å²) < 4.78 is 0. The van der Waals surface area contributed by atoms with Crippen molar-refractivity contribution in [3.05, 3.63) is 53.6 Å². The molecular weight excluding hydrogens is 390 g/mol. The fourth-order valence-corrected chi connectivity index (χ4v) is 9.02. The van der Waals surface area contributed by atoms with Crippen molar-refractivity contribution in [2.45, 2.75) is 72.8 Å². The van der Waals surface area contributed by atoms with Crippen molar-refractivity contribution in [2.75, 3.05) is 0 Å². The molecule has 1 aromatic rings. The van der Waals surface area contributed by atoms with Gasteiger partial charge in [-0.25, -0.2) is 0 Å². The molecule has 2 heteroatoms. The van der Waals surface area contributed by atoms with Gasteiger partial charge in [0.1, 0.15) is 0 Å². The number of hydrogen-bond donors (Lipinski definition) is 1. The van der Waals surface area contributed by atoms with E-state index in [1.165, 1.54) is 24.8 Å². The smallest absolute Gasteiger partial charge is 0.243 e. The zero-order chi connectivity index (χ0) is 22.7. The second-order valence-corrected chi connectivity index (χ2v) is 12.0. The zero-order valence-electron chi connectivity index (χ0n) is 20.6. The predicted molar refractivity (Wildman–Crippen MR) is 133 cm³/mol. The molecule has 2 nitrogen and oxygen atoms in total. The molecular formula is C30H41NO. The summed E-state index contributed by atoms with van der Waals surface area (Å²) in [7, 11) is 0. The third-order valence-corrected chi connectivity index (χ3v) is 10.4. The number of carbonyl (C=O) groups excluding carboxylic acids is 1.